The average Bonchev–Trinajstić information content (AvgIpc) is 2.69. The normalized spacial score (nSPS) is 11.1. The molecule has 156 valence electrons. The molecule has 0 aliphatic heterocycles. The SMILES string of the molecule is Cc1ccccc1CNCc1cc(NS(C)(=O)=O)cc(C(=O)Nc2ccccc2)c1. The monoisotopic (exact) mass is 423 g/mol. The molecule has 0 aliphatic rings. The molecule has 0 spiro atoms. The van der Waals surface area contributed by atoms with Crippen molar-refractivity contribution in [2.45, 2.75) is 20.0 Å². The van der Waals surface area contributed by atoms with Gasteiger partial charge in [0.15, 0.2) is 0 Å². The molecule has 0 atom stereocenters. The van der Waals surface area contributed by atoms with Gasteiger partial charge in [0.2, 0.25) is 10.0 Å². The van der Waals surface area contributed by atoms with Gasteiger partial charge < -0.3 is 10.6 Å². The Kier molecular flexibility index (Phi) is 6.87. The highest BCUT2D eigenvalue weighted by molar-refractivity contribution is 7.92. The molecular weight excluding hydrogens is 398 g/mol. The number of amides is 1. The van der Waals surface area contributed by atoms with Gasteiger partial charge in [0.25, 0.3) is 5.91 Å². The summed E-state index contributed by atoms with van der Waals surface area (Å²) in [4.78, 5) is 12.7. The third-order valence-corrected chi connectivity index (χ3v) is 5.10. The molecule has 0 saturated carbocycles. The molecule has 6 nitrogen and oxygen atoms in total. The fraction of sp³-hybridized carbons (Fsp3) is 0.174. The average molecular weight is 424 g/mol. The lowest BCUT2D eigenvalue weighted by molar-refractivity contribution is 0.102. The first-order valence-electron chi connectivity index (χ1n) is 9.53. The molecule has 0 aliphatic carbocycles. The van der Waals surface area contributed by atoms with E-state index in [1.165, 1.54) is 17.2 Å². The van der Waals surface area contributed by atoms with Crippen molar-refractivity contribution in [1.29, 1.82) is 0 Å². The number of carbonyl (C=O) groups excluding carboxylic acids is 1. The quantitative estimate of drug-likeness (QED) is 0.513. The Labute approximate surface area is 177 Å². The number of benzene rings is 3. The number of aryl methyl sites for hydroxylation is 1. The summed E-state index contributed by atoms with van der Waals surface area (Å²) in [7, 11) is -3.47. The van der Waals surface area contributed by atoms with Gasteiger partial charge in [-0.2, -0.15) is 0 Å². The zero-order valence-electron chi connectivity index (χ0n) is 17.0. The Morgan fingerprint density at radius 1 is 0.867 bits per heavy atom. The predicted octanol–water partition coefficient (Wildman–Crippen LogP) is 3.91. The van der Waals surface area contributed by atoms with Crippen LogP contribution in [0.1, 0.15) is 27.0 Å². The van der Waals surface area contributed by atoms with Gasteiger partial charge in [-0.1, -0.05) is 42.5 Å². The van der Waals surface area contributed by atoms with Crippen molar-refractivity contribution < 1.29 is 13.2 Å². The van der Waals surface area contributed by atoms with Gasteiger partial charge >= 0.3 is 0 Å². The smallest absolute Gasteiger partial charge is 0.255 e. The maximum Gasteiger partial charge on any atom is 0.255 e. The molecule has 0 fully saturated rings. The maximum absolute atomic E-state index is 12.7. The number of rotatable bonds is 8. The Hall–Kier alpha value is -3.16. The van der Waals surface area contributed by atoms with Gasteiger partial charge in [0.05, 0.1) is 6.26 Å². The first kappa shape index (κ1) is 21.5. The number of nitrogens with one attached hydrogen (secondary N) is 3. The van der Waals surface area contributed by atoms with Crippen molar-refractivity contribution in [2.24, 2.45) is 0 Å². The summed E-state index contributed by atoms with van der Waals surface area (Å²) in [6.07, 6.45) is 1.08. The molecule has 7 heteroatoms. The lowest BCUT2D eigenvalue weighted by atomic mass is 10.1. The van der Waals surface area contributed by atoms with Gasteiger partial charge in [-0.05, 0) is 53.9 Å². The summed E-state index contributed by atoms with van der Waals surface area (Å²) >= 11 is 0. The molecule has 0 radical (unpaired) electrons. The largest absolute Gasteiger partial charge is 0.322 e. The molecule has 0 unspecified atom stereocenters. The second-order valence-electron chi connectivity index (χ2n) is 7.14. The topological polar surface area (TPSA) is 87.3 Å². The van der Waals surface area contributed by atoms with E-state index in [4.69, 9.17) is 0 Å². The van der Waals surface area contributed by atoms with Crippen molar-refractivity contribution in [1.82, 2.24) is 5.32 Å². The first-order valence-corrected chi connectivity index (χ1v) is 11.4. The number of hydrogen-bond acceptors (Lipinski definition) is 4. The number of para-hydroxylation sites is 1. The van der Waals surface area contributed by atoms with E-state index in [1.807, 2.05) is 30.3 Å². The Morgan fingerprint density at radius 2 is 1.57 bits per heavy atom. The summed E-state index contributed by atoms with van der Waals surface area (Å²) in [5.41, 5.74) is 4.58. The minimum Gasteiger partial charge on any atom is -0.322 e. The molecule has 1 amide bonds. The lowest BCUT2D eigenvalue weighted by Gasteiger charge is -2.13. The molecule has 3 aromatic rings. The number of hydrogen-bond donors (Lipinski definition) is 3. The van der Waals surface area contributed by atoms with E-state index in [-0.39, 0.29) is 5.91 Å². The van der Waals surface area contributed by atoms with Crippen molar-refractivity contribution >= 4 is 27.3 Å². The van der Waals surface area contributed by atoms with Crippen LogP contribution in [0.15, 0.2) is 72.8 Å². The Morgan fingerprint density at radius 3 is 2.27 bits per heavy atom. The fourth-order valence-corrected chi connectivity index (χ4v) is 3.62. The predicted molar refractivity (Wildman–Crippen MR) is 121 cm³/mol. The molecule has 0 aromatic heterocycles. The van der Waals surface area contributed by atoms with Gasteiger partial charge in [-0.3, -0.25) is 9.52 Å². The fourth-order valence-electron chi connectivity index (χ4n) is 3.07. The highest BCUT2D eigenvalue weighted by Gasteiger charge is 2.12. The summed E-state index contributed by atoms with van der Waals surface area (Å²) in [6, 6.07) is 22.2. The molecule has 0 heterocycles. The molecule has 0 saturated heterocycles. The molecule has 3 N–H and O–H groups in total. The highest BCUT2D eigenvalue weighted by Crippen LogP contribution is 2.18. The third-order valence-electron chi connectivity index (χ3n) is 4.50. The van der Waals surface area contributed by atoms with Crippen molar-refractivity contribution in [2.75, 3.05) is 16.3 Å². The number of sulfonamides is 1. The van der Waals surface area contributed by atoms with Gasteiger partial charge in [-0.25, -0.2) is 8.42 Å². The van der Waals surface area contributed by atoms with Crippen LogP contribution in [-0.4, -0.2) is 20.6 Å². The maximum atomic E-state index is 12.7. The molecule has 30 heavy (non-hydrogen) atoms. The lowest BCUT2D eigenvalue weighted by Crippen LogP contribution is -2.17. The van der Waals surface area contributed by atoms with Crippen LogP contribution < -0.4 is 15.4 Å². The van der Waals surface area contributed by atoms with E-state index < -0.39 is 10.0 Å². The zero-order chi connectivity index (χ0) is 21.6. The van der Waals surface area contributed by atoms with E-state index in [0.717, 1.165) is 11.8 Å². The third kappa shape index (κ3) is 6.43. The molecular formula is C23H25N3O3S. The minimum atomic E-state index is -3.47. The highest BCUT2D eigenvalue weighted by atomic mass is 32.2. The second-order valence-corrected chi connectivity index (χ2v) is 8.89. The Balaban J connectivity index is 1.79. The van der Waals surface area contributed by atoms with Crippen LogP contribution in [0.3, 0.4) is 0 Å². The standard InChI is InChI=1S/C23H25N3O3S/c1-17-8-6-7-9-19(17)16-24-15-18-12-20(14-22(13-18)26-30(2,28)29)23(27)25-21-10-4-3-5-11-21/h3-14,24,26H,15-16H2,1-2H3,(H,25,27). The van der Waals surface area contributed by atoms with Crippen LogP contribution in [0, 0.1) is 6.92 Å². The summed E-state index contributed by atoms with van der Waals surface area (Å²) in [5.74, 6) is -0.307. The van der Waals surface area contributed by atoms with Crippen molar-refractivity contribution in [3.8, 4) is 0 Å². The summed E-state index contributed by atoms with van der Waals surface area (Å²) in [5, 5.41) is 6.18. The number of carbonyl (C=O) groups is 1. The molecule has 3 rings (SSSR count). The first-order chi connectivity index (χ1) is 14.3. The minimum absolute atomic E-state index is 0.307. The van der Waals surface area contributed by atoms with Crippen LogP contribution in [-0.2, 0) is 23.1 Å². The van der Waals surface area contributed by atoms with E-state index in [1.54, 1.807) is 24.3 Å². The van der Waals surface area contributed by atoms with Crippen LogP contribution in [0.5, 0.6) is 0 Å². The number of anilines is 2. The van der Waals surface area contributed by atoms with Crippen molar-refractivity contribution in [3.05, 3.63) is 95.1 Å². The van der Waals surface area contributed by atoms with Crippen LogP contribution >= 0.6 is 0 Å². The van der Waals surface area contributed by atoms with Crippen molar-refractivity contribution in [3.63, 3.8) is 0 Å². The van der Waals surface area contributed by atoms with Crippen LogP contribution in [0.25, 0.3) is 0 Å². The van der Waals surface area contributed by atoms with E-state index in [9.17, 15) is 13.2 Å². The van der Waals surface area contributed by atoms with E-state index in [0.29, 0.717) is 30.0 Å². The van der Waals surface area contributed by atoms with Crippen LogP contribution in [0.4, 0.5) is 11.4 Å². The van der Waals surface area contributed by atoms with Gasteiger partial charge in [0, 0.05) is 30.0 Å². The Bertz CT molecular complexity index is 1130. The van der Waals surface area contributed by atoms with Gasteiger partial charge in [0.1, 0.15) is 0 Å². The molecule has 0 bridgehead atoms. The van der Waals surface area contributed by atoms with E-state index >= 15 is 0 Å². The summed E-state index contributed by atoms with van der Waals surface area (Å²) < 4.78 is 25.8. The van der Waals surface area contributed by atoms with E-state index in [2.05, 4.69) is 34.4 Å². The van der Waals surface area contributed by atoms with Crippen LogP contribution in [0.2, 0.25) is 0 Å². The second kappa shape index (κ2) is 9.56. The van der Waals surface area contributed by atoms with Gasteiger partial charge in [-0.15, -0.1) is 0 Å². The zero-order valence-corrected chi connectivity index (χ0v) is 17.8. The summed E-state index contributed by atoms with van der Waals surface area (Å²) in [6.45, 7) is 3.21. The molecule has 3 aromatic carbocycles.